The zero-order valence-electron chi connectivity index (χ0n) is 22.4. The van der Waals surface area contributed by atoms with Gasteiger partial charge in [-0.3, -0.25) is 0 Å². The summed E-state index contributed by atoms with van der Waals surface area (Å²) in [6.07, 6.45) is -5.33. The molecule has 5 aliphatic heterocycles. The maximum absolute atomic E-state index is 11.8. The number of rotatable bonds is 4. The van der Waals surface area contributed by atoms with E-state index in [1.54, 1.807) is 7.11 Å². The van der Waals surface area contributed by atoms with Crippen molar-refractivity contribution >= 4 is 0 Å². The van der Waals surface area contributed by atoms with Crippen molar-refractivity contribution in [3.8, 4) is 0 Å². The summed E-state index contributed by atoms with van der Waals surface area (Å²) in [5, 5.41) is 11.8. The lowest BCUT2D eigenvalue weighted by Gasteiger charge is -2.57. The normalized spacial score (nSPS) is 41.0. The number of fused-ring (bicyclic) bond motifs is 4. The smallest absolute Gasteiger partial charge is 0.216 e. The molecule has 40 heavy (non-hydrogen) atoms. The molecule has 10 nitrogen and oxygen atoms in total. The van der Waals surface area contributed by atoms with E-state index in [9.17, 15) is 5.11 Å². The van der Waals surface area contributed by atoms with Crippen LogP contribution in [0.15, 0.2) is 72.0 Å². The highest BCUT2D eigenvalue weighted by Crippen LogP contribution is 2.53. The molecule has 0 aromatic heterocycles. The average molecular weight is 555 g/mol. The minimum Gasteiger partial charge on any atom is -0.492 e. The van der Waals surface area contributed by atoms with Crippen LogP contribution in [0.2, 0.25) is 0 Å². The van der Waals surface area contributed by atoms with Crippen molar-refractivity contribution in [2.45, 2.75) is 62.1 Å². The van der Waals surface area contributed by atoms with E-state index in [4.69, 9.17) is 42.6 Å². The summed E-state index contributed by atoms with van der Waals surface area (Å²) in [7, 11) is 3.10. The lowest BCUT2D eigenvalue weighted by atomic mass is 9.66. The Labute approximate surface area is 232 Å². The van der Waals surface area contributed by atoms with Gasteiger partial charge in [0.05, 0.1) is 25.2 Å². The van der Waals surface area contributed by atoms with Gasteiger partial charge < -0.3 is 47.7 Å². The highest BCUT2D eigenvalue weighted by Gasteiger charge is 2.63. The van der Waals surface area contributed by atoms with Gasteiger partial charge in [0.2, 0.25) is 6.29 Å². The van der Waals surface area contributed by atoms with Gasteiger partial charge in [-0.05, 0) is 6.42 Å². The predicted molar refractivity (Wildman–Crippen MR) is 137 cm³/mol. The minimum absolute atomic E-state index is 0.151. The van der Waals surface area contributed by atoms with Crippen LogP contribution < -0.4 is 0 Å². The molecule has 0 aliphatic carbocycles. The maximum Gasteiger partial charge on any atom is 0.216 e. The number of hydrogen-bond acceptors (Lipinski definition) is 10. The van der Waals surface area contributed by atoms with Crippen LogP contribution in [0.25, 0.3) is 0 Å². The molecule has 0 radical (unpaired) electrons. The molecular weight excluding hydrogens is 520 g/mol. The van der Waals surface area contributed by atoms with Crippen molar-refractivity contribution in [2.24, 2.45) is 5.41 Å². The first-order chi connectivity index (χ1) is 19.6. The van der Waals surface area contributed by atoms with Crippen molar-refractivity contribution in [1.29, 1.82) is 0 Å². The molecule has 0 amide bonds. The Bertz CT molecular complexity index is 1210. The third-order valence-corrected chi connectivity index (χ3v) is 8.54. The Hall–Kier alpha value is -2.38. The van der Waals surface area contributed by atoms with Crippen LogP contribution in [0.3, 0.4) is 0 Å². The molecule has 3 saturated heterocycles. The van der Waals surface area contributed by atoms with Crippen LogP contribution in [-0.4, -0.2) is 82.2 Å². The quantitative estimate of drug-likeness (QED) is 0.607. The van der Waals surface area contributed by atoms with Gasteiger partial charge in [-0.1, -0.05) is 60.7 Å². The van der Waals surface area contributed by atoms with Gasteiger partial charge in [0, 0.05) is 30.9 Å². The molecule has 1 spiro atoms. The van der Waals surface area contributed by atoms with Crippen molar-refractivity contribution in [2.75, 3.05) is 34.0 Å². The molecule has 10 heteroatoms. The summed E-state index contributed by atoms with van der Waals surface area (Å²) in [5.41, 5.74) is 1.75. The van der Waals surface area contributed by atoms with Crippen molar-refractivity contribution in [3.63, 3.8) is 0 Å². The minimum atomic E-state index is -1.05. The standard InChI is InChI=1S/C30H34O10/c1-32-28-23-19(22-20(37-28)14-34-26(39-22)17-9-5-3-6-10-17)13-30(16-36-23)24(31)29(33-2)38-21-15-35-27(40-25(21)30)18-11-7-4-8-12-18/h3-12,20-22,24-29,31H,13-16H2,1-2H3/t20-,21-,22+,24?,25+,26-,27+,28+,29-,30+/m1/s1. The van der Waals surface area contributed by atoms with Crippen molar-refractivity contribution in [1.82, 2.24) is 0 Å². The predicted octanol–water partition coefficient (Wildman–Crippen LogP) is 2.98. The van der Waals surface area contributed by atoms with Crippen LogP contribution in [0.4, 0.5) is 0 Å². The van der Waals surface area contributed by atoms with Crippen LogP contribution in [-0.2, 0) is 42.6 Å². The zero-order valence-corrected chi connectivity index (χ0v) is 22.4. The van der Waals surface area contributed by atoms with Crippen LogP contribution in [0.1, 0.15) is 30.1 Å². The molecule has 5 aliphatic rings. The summed E-state index contributed by atoms with van der Waals surface area (Å²) in [6.45, 7) is 0.742. The fourth-order valence-corrected chi connectivity index (χ4v) is 6.55. The van der Waals surface area contributed by atoms with Gasteiger partial charge in [-0.15, -0.1) is 0 Å². The number of aliphatic hydroxyl groups is 1. The SMILES string of the molecule is CO[C@H]1O[C@@H]2CO[C@@H](c3ccccc3)O[C@H]2C2=C1OC[C@@]1(C2)C(O)[C@H](OC)O[C@@H]2CO[C@H](c3ccccc3)O[C@@H]21. The fourth-order valence-electron chi connectivity index (χ4n) is 6.55. The molecule has 2 aromatic carbocycles. The van der Waals surface area contributed by atoms with E-state index in [-0.39, 0.29) is 13.2 Å². The first-order valence-corrected chi connectivity index (χ1v) is 13.7. The lowest BCUT2D eigenvalue weighted by molar-refractivity contribution is -0.381. The molecule has 10 atom stereocenters. The molecule has 1 unspecified atom stereocenters. The zero-order chi connectivity index (χ0) is 27.3. The van der Waals surface area contributed by atoms with Gasteiger partial charge in [0.1, 0.15) is 30.5 Å². The molecule has 7 rings (SSSR count). The average Bonchev–Trinajstić information content (AvgIpc) is 3.03. The Kier molecular flexibility index (Phi) is 7.15. The van der Waals surface area contributed by atoms with Gasteiger partial charge in [-0.25, -0.2) is 0 Å². The molecule has 1 N–H and O–H groups in total. The second-order valence-corrected chi connectivity index (χ2v) is 10.8. The third kappa shape index (κ3) is 4.39. The number of ether oxygens (including phenoxy) is 9. The van der Waals surface area contributed by atoms with Crippen molar-refractivity contribution in [3.05, 3.63) is 83.1 Å². The Morgan fingerprint density at radius 1 is 0.775 bits per heavy atom. The van der Waals surface area contributed by atoms with Gasteiger partial charge >= 0.3 is 0 Å². The van der Waals surface area contributed by atoms with E-state index in [1.165, 1.54) is 7.11 Å². The highest BCUT2D eigenvalue weighted by atomic mass is 16.8. The second kappa shape index (κ2) is 10.8. The van der Waals surface area contributed by atoms with E-state index < -0.39 is 61.1 Å². The van der Waals surface area contributed by atoms with Crippen molar-refractivity contribution < 1.29 is 47.7 Å². The van der Waals surface area contributed by atoms with Crippen LogP contribution >= 0.6 is 0 Å². The Morgan fingerprint density at radius 2 is 1.43 bits per heavy atom. The van der Waals surface area contributed by atoms with E-state index in [0.717, 1.165) is 16.7 Å². The summed E-state index contributed by atoms with van der Waals surface area (Å²) in [5.74, 6) is 0.568. The molecule has 3 fully saturated rings. The summed E-state index contributed by atoms with van der Waals surface area (Å²) < 4.78 is 55.3. The first kappa shape index (κ1) is 26.5. The molecule has 214 valence electrons. The van der Waals surface area contributed by atoms with E-state index in [2.05, 4.69) is 0 Å². The van der Waals surface area contributed by atoms with E-state index in [1.807, 2.05) is 60.7 Å². The van der Waals surface area contributed by atoms with Gasteiger partial charge in [-0.2, -0.15) is 0 Å². The number of aliphatic hydroxyl groups excluding tert-OH is 1. The Balaban J connectivity index is 1.24. The van der Waals surface area contributed by atoms with Gasteiger partial charge in [0.25, 0.3) is 0 Å². The molecular formula is C30H34O10. The third-order valence-electron chi connectivity index (χ3n) is 8.54. The summed E-state index contributed by atoms with van der Waals surface area (Å²) >= 11 is 0. The van der Waals surface area contributed by atoms with Gasteiger partial charge in [0.15, 0.2) is 24.6 Å². The Morgan fingerprint density at radius 3 is 2.08 bits per heavy atom. The summed E-state index contributed by atoms with van der Waals surface area (Å²) in [4.78, 5) is 0. The molecule has 0 bridgehead atoms. The lowest BCUT2D eigenvalue weighted by Crippen LogP contribution is -2.68. The molecule has 0 saturated carbocycles. The number of hydrogen-bond donors (Lipinski definition) is 1. The largest absolute Gasteiger partial charge is 0.492 e. The number of benzene rings is 2. The highest BCUT2D eigenvalue weighted by molar-refractivity contribution is 5.29. The topological polar surface area (TPSA) is 103 Å². The van der Waals surface area contributed by atoms with E-state index in [0.29, 0.717) is 18.8 Å². The summed E-state index contributed by atoms with van der Waals surface area (Å²) in [6, 6.07) is 19.5. The molecule has 2 aromatic rings. The molecule has 5 heterocycles. The second-order valence-electron chi connectivity index (χ2n) is 10.8. The van der Waals surface area contributed by atoms with Crippen LogP contribution in [0, 0.1) is 5.41 Å². The van der Waals surface area contributed by atoms with E-state index >= 15 is 0 Å². The maximum atomic E-state index is 11.8. The van der Waals surface area contributed by atoms with Crippen LogP contribution in [0.5, 0.6) is 0 Å². The first-order valence-electron chi connectivity index (χ1n) is 13.7. The monoisotopic (exact) mass is 554 g/mol. The fraction of sp³-hybridized carbons (Fsp3) is 0.533. The number of methoxy groups -OCH3 is 2.